The quantitative estimate of drug-likeness (QED) is 0.670. The molecule has 1 aliphatic heterocycles. The van der Waals surface area contributed by atoms with Crippen molar-refractivity contribution in [3.8, 4) is 0 Å². The Morgan fingerprint density at radius 3 is 2.95 bits per heavy atom. The highest BCUT2D eigenvalue weighted by molar-refractivity contribution is 7.91. The summed E-state index contributed by atoms with van der Waals surface area (Å²) in [5.41, 5.74) is 5.26. The van der Waals surface area contributed by atoms with Gasteiger partial charge in [0, 0.05) is 17.9 Å². The molecule has 4 nitrogen and oxygen atoms in total. The molecule has 0 bridgehead atoms. The van der Waals surface area contributed by atoms with Crippen LogP contribution in [-0.2, 0) is 16.0 Å². The Morgan fingerprint density at radius 2 is 2.27 bits per heavy atom. The number of nitrogens with zero attached hydrogens (tertiary/aromatic N) is 1. The summed E-state index contributed by atoms with van der Waals surface area (Å²) in [5.74, 6) is 0.446. The third-order valence-corrected chi connectivity index (χ3v) is 4.88. The fraction of sp³-hybridized carbons (Fsp3) is 0.294. The van der Waals surface area contributed by atoms with E-state index < -0.39 is 11.2 Å². The van der Waals surface area contributed by atoms with Crippen molar-refractivity contribution in [3.05, 3.63) is 48.6 Å². The van der Waals surface area contributed by atoms with Crippen LogP contribution >= 0.6 is 0 Å². The van der Waals surface area contributed by atoms with Gasteiger partial charge in [0.2, 0.25) is 5.91 Å². The molecule has 0 spiro atoms. The van der Waals surface area contributed by atoms with Crippen LogP contribution in [0.4, 0.5) is 0 Å². The molecule has 0 aliphatic carbocycles. The van der Waals surface area contributed by atoms with Gasteiger partial charge in [0.25, 0.3) is 0 Å². The van der Waals surface area contributed by atoms with Crippen LogP contribution in [0.3, 0.4) is 0 Å². The summed E-state index contributed by atoms with van der Waals surface area (Å²) in [7, 11) is 0. The summed E-state index contributed by atoms with van der Waals surface area (Å²) in [5, 5.41) is 4.12. The van der Waals surface area contributed by atoms with Crippen molar-refractivity contribution in [2.75, 3.05) is 5.75 Å². The molecule has 1 aliphatic rings. The average Bonchev–Trinajstić information content (AvgIpc) is 2.50. The first kappa shape index (κ1) is 16.5. The Labute approximate surface area is 134 Å². The van der Waals surface area contributed by atoms with Gasteiger partial charge in [-0.15, -0.1) is 0 Å². The second-order valence-electron chi connectivity index (χ2n) is 5.30. The van der Waals surface area contributed by atoms with E-state index >= 15 is 0 Å². The minimum atomic E-state index is -1.11. The second-order valence-corrected chi connectivity index (χ2v) is 6.77. The molecule has 0 saturated heterocycles. The van der Waals surface area contributed by atoms with E-state index in [-0.39, 0.29) is 11.8 Å². The average molecular weight is 316 g/mol. The van der Waals surface area contributed by atoms with Crippen molar-refractivity contribution in [1.82, 2.24) is 5.43 Å². The van der Waals surface area contributed by atoms with Gasteiger partial charge in [-0.2, -0.15) is 5.10 Å². The van der Waals surface area contributed by atoms with Crippen molar-refractivity contribution in [2.24, 2.45) is 11.0 Å². The fourth-order valence-corrected chi connectivity index (χ4v) is 3.43. The molecule has 1 N–H and O–H groups in total. The largest absolute Gasteiger partial charge is 0.611 e. The molecular weight excluding hydrogens is 296 g/mol. The van der Waals surface area contributed by atoms with E-state index in [9.17, 15) is 9.35 Å². The zero-order valence-electron chi connectivity index (χ0n) is 12.8. The van der Waals surface area contributed by atoms with Crippen LogP contribution < -0.4 is 5.43 Å². The number of hydrogen-bond acceptors (Lipinski definition) is 3. The molecule has 2 rings (SSSR count). The van der Waals surface area contributed by atoms with Gasteiger partial charge in [0.05, 0.1) is 5.71 Å². The molecule has 1 aromatic rings. The lowest BCUT2D eigenvalue weighted by molar-refractivity contribution is -0.121. The summed E-state index contributed by atoms with van der Waals surface area (Å²) < 4.78 is 12.3. The SMILES string of the molecule is C=CC[S+]([O-])c1ccccc1C(C)=CC1=NNC(=O)CC1C. The first-order valence-electron chi connectivity index (χ1n) is 7.16. The number of hydrogen-bond donors (Lipinski definition) is 1. The summed E-state index contributed by atoms with van der Waals surface area (Å²) in [6.45, 7) is 7.59. The number of rotatable bonds is 5. The van der Waals surface area contributed by atoms with Gasteiger partial charge < -0.3 is 4.55 Å². The third kappa shape index (κ3) is 3.87. The molecule has 2 unspecified atom stereocenters. The maximum atomic E-state index is 12.3. The lowest BCUT2D eigenvalue weighted by Crippen LogP contribution is -2.30. The number of hydrazone groups is 1. The van der Waals surface area contributed by atoms with E-state index in [4.69, 9.17) is 0 Å². The molecule has 0 saturated carbocycles. The first-order valence-corrected chi connectivity index (χ1v) is 8.48. The molecule has 1 aromatic carbocycles. The zero-order valence-corrected chi connectivity index (χ0v) is 13.7. The van der Waals surface area contributed by atoms with Gasteiger partial charge in [-0.05, 0) is 48.0 Å². The zero-order chi connectivity index (χ0) is 16.1. The molecule has 0 fully saturated rings. The normalized spacial score (nSPS) is 20.1. The highest BCUT2D eigenvalue weighted by atomic mass is 32.2. The van der Waals surface area contributed by atoms with Crippen LogP contribution in [0.2, 0.25) is 0 Å². The summed E-state index contributed by atoms with van der Waals surface area (Å²) in [6.07, 6.45) is 4.05. The van der Waals surface area contributed by atoms with Crippen LogP contribution in [0, 0.1) is 5.92 Å². The van der Waals surface area contributed by atoms with Crippen molar-refractivity contribution >= 4 is 28.4 Å². The van der Waals surface area contributed by atoms with E-state index in [1.807, 2.05) is 44.2 Å². The minimum absolute atomic E-state index is 0.0604. The predicted molar refractivity (Wildman–Crippen MR) is 90.9 cm³/mol. The second kappa shape index (κ2) is 7.42. The lowest BCUT2D eigenvalue weighted by Gasteiger charge is -2.18. The Hall–Kier alpha value is -1.85. The number of amides is 1. The molecule has 1 amide bonds. The minimum Gasteiger partial charge on any atom is -0.611 e. The molecule has 116 valence electrons. The molecular formula is C17H20N2O2S. The molecule has 2 atom stereocenters. The van der Waals surface area contributed by atoms with Gasteiger partial charge in [-0.1, -0.05) is 25.6 Å². The maximum absolute atomic E-state index is 12.3. The van der Waals surface area contributed by atoms with Crippen LogP contribution in [0.5, 0.6) is 0 Å². The van der Waals surface area contributed by atoms with Crippen LogP contribution in [-0.4, -0.2) is 21.9 Å². The summed E-state index contributed by atoms with van der Waals surface area (Å²) in [6, 6.07) is 7.64. The molecule has 1 heterocycles. The van der Waals surface area contributed by atoms with Gasteiger partial charge in [-0.3, -0.25) is 4.79 Å². The first-order chi connectivity index (χ1) is 10.5. The third-order valence-electron chi connectivity index (χ3n) is 3.50. The van der Waals surface area contributed by atoms with Crippen molar-refractivity contribution in [2.45, 2.75) is 25.2 Å². The highest BCUT2D eigenvalue weighted by Gasteiger charge is 2.20. The van der Waals surface area contributed by atoms with Crippen molar-refractivity contribution in [1.29, 1.82) is 0 Å². The number of benzene rings is 1. The van der Waals surface area contributed by atoms with E-state index in [1.165, 1.54) is 0 Å². The van der Waals surface area contributed by atoms with Crippen LogP contribution in [0.1, 0.15) is 25.8 Å². The molecule has 5 heteroatoms. The Morgan fingerprint density at radius 1 is 1.55 bits per heavy atom. The number of carbonyl (C=O) groups excluding carboxylic acids is 1. The van der Waals surface area contributed by atoms with Crippen LogP contribution in [0.15, 0.2) is 53.0 Å². The van der Waals surface area contributed by atoms with Crippen molar-refractivity contribution < 1.29 is 9.35 Å². The van der Waals surface area contributed by atoms with Crippen LogP contribution in [0.25, 0.3) is 5.57 Å². The monoisotopic (exact) mass is 316 g/mol. The highest BCUT2D eigenvalue weighted by Crippen LogP contribution is 2.25. The predicted octanol–water partition coefficient (Wildman–Crippen LogP) is 2.90. The van der Waals surface area contributed by atoms with Gasteiger partial charge in [0.15, 0.2) is 4.90 Å². The Kier molecular flexibility index (Phi) is 5.57. The van der Waals surface area contributed by atoms with E-state index in [2.05, 4.69) is 17.1 Å². The maximum Gasteiger partial charge on any atom is 0.240 e. The number of allylic oxidation sites excluding steroid dienone is 2. The van der Waals surface area contributed by atoms with Gasteiger partial charge in [-0.25, -0.2) is 5.43 Å². The van der Waals surface area contributed by atoms with Gasteiger partial charge >= 0.3 is 0 Å². The topological polar surface area (TPSA) is 64.5 Å². The smallest absolute Gasteiger partial charge is 0.240 e. The number of carbonyl (C=O) groups is 1. The van der Waals surface area contributed by atoms with Gasteiger partial charge in [0.1, 0.15) is 5.75 Å². The lowest BCUT2D eigenvalue weighted by atomic mass is 9.96. The van der Waals surface area contributed by atoms with E-state index in [0.29, 0.717) is 12.2 Å². The van der Waals surface area contributed by atoms with E-state index in [1.54, 1.807) is 6.08 Å². The molecule has 0 radical (unpaired) electrons. The molecule has 22 heavy (non-hydrogen) atoms. The number of nitrogens with one attached hydrogen (secondary N) is 1. The Balaban J connectivity index is 2.33. The molecule has 0 aromatic heterocycles. The van der Waals surface area contributed by atoms with Crippen molar-refractivity contribution in [3.63, 3.8) is 0 Å². The summed E-state index contributed by atoms with van der Waals surface area (Å²) >= 11 is -1.11. The Bertz CT molecular complexity index is 637. The summed E-state index contributed by atoms with van der Waals surface area (Å²) in [4.78, 5) is 12.1. The fourth-order valence-electron chi connectivity index (χ4n) is 2.33. The van der Waals surface area contributed by atoms with E-state index in [0.717, 1.165) is 21.7 Å². The standard InChI is InChI=1S/C17H20N2O2S/c1-4-9-22(21)16-8-6-5-7-14(16)12(2)10-15-13(3)11-17(20)19-18-15/h4-8,10,13H,1,9,11H2,2-3H3,(H,19,20).